The fourth-order valence-corrected chi connectivity index (χ4v) is 2.24. The number of nitrogens with zero attached hydrogens (tertiary/aromatic N) is 2. The van der Waals surface area contributed by atoms with Gasteiger partial charge in [0.15, 0.2) is 0 Å². The summed E-state index contributed by atoms with van der Waals surface area (Å²) in [6, 6.07) is 10.1. The minimum Gasteiger partial charge on any atom is -0.478 e. The summed E-state index contributed by atoms with van der Waals surface area (Å²) in [6.45, 7) is 0. The van der Waals surface area contributed by atoms with Crippen molar-refractivity contribution in [1.82, 2.24) is 9.97 Å². The van der Waals surface area contributed by atoms with Gasteiger partial charge in [0.1, 0.15) is 0 Å². The first-order valence-corrected chi connectivity index (χ1v) is 6.27. The van der Waals surface area contributed by atoms with Crippen LogP contribution in [0.2, 0.25) is 5.02 Å². The van der Waals surface area contributed by atoms with Crippen molar-refractivity contribution in [3.8, 4) is 11.3 Å². The maximum atomic E-state index is 11.0. The lowest BCUT2D eigenvalue weighted by molar-refractivity contribution is 0.0697. The highest BCUT2D eigenvalue weighted by atomic mass is 35.5. The molecule has 0 aliphatic heterocycles. The van der Waals surface area contributed by atoms with Crippen LogP contribution in [-0.2, 0) is 0 Å². The average molecular weight is 285 g/mol. The molecule has 0 aliphatic rings. The zero-order valence-electron chi connectivity index (χ0n) is 10.2. The van der Waals surface area contributed by atoms with Crippen molar-refractivity contribution in [1.29, 1.82) is 0 Å². The van der Waals surface area contributed by atoms with E-state index in [1.807, 2.05) is 12.1 Å². The van der Waals surface area contributed by atoms with Crippen molar-refractivity contribution in [2.24, 2.45) is 0 Å². The Morgan fingerprint density at radius 1 is 1.20 bits per heavy atom. The van der Waals surface area contributed by atoms with Crippen molar-refractivity contribution in [3.63, 3.8) is 0 Å². The van der Waals surface area contributed by atoms with Crippen LogP contribution >= 0.6 is 11.6 Å². The summed E-state index contributed by atoms with van der Waals surface area (Å²) in [5.74, 6) is -0.989. The molecule has 4 nitrogen and oxygen atoms in total. The quantitative estimate of drug-likeness (QED) is 0.780. The van der Waals surface area contributed by atoms with Gasteiger partial charge in [-0.1, -0.05) is 17.7 Å². The molecule has 1 N–H and O–H groups in total. The predicted molar refractivity (Wildman–Crippen MR) is 76.9 cm³/mol. The second-order valence-corrected chi connectivity index (χ2v) is 4.68. The van der Waals surface area contributed by atoms with Gasteiger partial charge < -0.3 is 5.11 Å². The van der Waals surface area contributed by atoms with Crippen LogP contribution in [0.15, 0.2) is 48.8 Å². The van der Waals surface area contributed by atoms with Gasteiger partial charge in [-0.25, -0.2) is 9.78 Å². The maximum Gasteiger partial charge on any atom is 0.335 e. The Hall–Kier alpha value is -2.46. The summed E-state index contributed by atoms with van der Waals surface area (Å²) in [4.78, 5) is 19.5. The van der Waals surface area contributed by atoms with Crippen molar-refractivity contribution >= 4 is 28.5 Å². The number of carboxylic acids is 1. The summed E-state index contributed by atoms with van der Waals surface area (Å²) in [5.41, 5.74) is 2.23. The minimum absolute atomic E-state index is 0.185. The van der Waals surface area contributed by atoms with E-state index in [2.05, 4.69) is 9.97 Å². The van der Waals surface area contributed by atoms with E-state index >= 15 is 0 Å². The topological polar surface area (TPSA) is 63.1 Å². The van der Waals surface area contributed by atoms with Crippen LogP contribution in [0, 0.1) is 0 Å². The van der Waals surface area contributed by atoms with Crippen LogP contribution in [0.25, 0.3) is 22.2 Å². The highest BCUT2D eigenvalue weighted by Gasteiger charge is 2.09. The van der Waals surface area contributed by atoms with E-state index in [0.717, 1.165) is 10.9 Å². The second-order valence-electron chi connectivity index (χ2n) is 4.27. The van der Waals surface area contributed by atoms with Crippen LogP contribution in [0.4, 0.5) is 0 Å². The number of rotatable bonds is 2. The fourth-order valence-electron chi connectivity index (χ4n) is 1.98. The molecule has 0 spiro atoms. The molecule has 0 radical (unpaired) electrons. The summed E-state index contributed by atoms with van der Waals surface area (Å²) in [7, 11) is 0. The Kier molecular flexibility index (Phi) is 3.08. The number of carbonyl (C=O) groups is 1. The molecule has 1 aromatic carbocycles. The maximum absolute atomic E-state index is 11.0. The molecule has 3 aromatic rings. The standard InChI is InChI=1S/C15H9ClN2O2/c16-12-7-13(10-2-1-5-17-8-10)18-14-6-9(15(19)20)3-4-11(12)14/h1-8H,(H,19,20). The smallest absolute Gasteiger partial charge is 0.335 e. The van der Waals surface area contributed by atoms with E-state index in [1.165, 1.54) is 12.1 Å². The molecule has 0 atom stereocenters. The molecule has 98 valence electrons. The highest BCUT2D eigenvalue weighted by Crippen LogP contribution is 2.28. The van der Waals surface area contributed by atoms with Crippen LogP contribution in [-0.4, -0.2) is 21.0 Å². The van der Waals surface area contributed by atoms with Crippen molar-refractivity contribution in [3.05, 3.63) is 59.4 Å². The largest absolute Gasteiger partial charge is 0.478 e. The highest BCUT2D eigenvalue weighted by molar-refractivity contribution is 6.35. The molecule has 0 unspecified atom stereocenters. The molecule has 0 bridgehead atoms. The Morgan fingerprint density at radius 2 is 2.05 bits per heavy atom. The van der Waals surface area contributed by atoms with Crippen molar-refractivity contribution in [2.75, 3.05) is 0 Å². The predicted octanol–water partition coefficient (Wildman–Crippen LogP) is 3.65. The Bertz CT molecular complexity index is 804. The zero-order chi connectivity index (χ0) is 14.1. The molecule has 2 aromatic heterocycles. The van der Waals surface area contributed by atoms with E-state index in [4.69, 9.17) is 16.7 Å². The molecule has 20 heavy (non-hydrogen) atoms. The molecular formula is C15H9ClN2O2. The average Bonchev–Trinajstić information content (AvgIpc) is 2.47. The lowest BCUT2D eigenvalue weighted by Crippen LogP contribution is -1.96. The molecule has 0 amide bonds. The molecule has 5 heteroatoms. The molecule has 3 rings (SSSR count). The fraction of sp³-hybridized carbons (Fsp3) is 0. The van der Waals surface area contributed by atoms with Crippen molar-refractivity contribution < 1.29 is 9.90 Å². The van der Waals surface area contributed by atoms with Crippen LogP contribution < -0.4 is 0 Å². The zero-order valence-corrected chi connectivity index (χ0v) is 11.0. The lowest BCUT2D eigenvalue weighted by atomic mass is 10.1. The number of aromatic nitrogens is 2. The number of carboxylic acid groups (broad SMARTS) is 1. The Balaban J connectivity index is 2.24. The number of hydrogen-bond acceptors (Lipinski definition) is 3. The lowest BCUT2D eigenvalue weighted by Gasteiger charge is -2.06. The number of aromatic carboxylic acids is 1. The first-order chi connectivity index (χ1) is 9.65. The number of fused-ring (bicyclic) bond motifs is 1. The van der Waals surface area contributed by atoms with Crippen molar-refractivity contribution in [2.45, 2.75) is 0 Å². The van der Waals surface area contributed by atoms with Gasteiger partial charge >= 0.3 is 5.97 Å². The van der Waals surface area contributed by atoms with Crippen LogP contribution in [0.5, 0.6) is 0 Å². The van der Waals surface area contributed by atoms with Gasteiger partial charge in [-0.15, -0.1) is 0 Å². The van der Waals surface area contributed by atoms with Gasteiger partial charge in [-0.05, 0) is 30.3 Å². The third-order valence-corrected chi connectivity index (χ3v) is 3.28. The molecule has 0 saturated carbocycles. The number of benzene rings is 1. The van der Waals surface area contributed by atoms with E-state index in [9.17, 15) is 4.79 Å². The number of halogens is 1. The number of hydrogen-bond donors (Lipinski definition) is 1. The monoisotopic (exact) mass is 284 g/mol. The first-order valence-electron chi connectivity index (χ1n) is 5.89. The van der Waals surface area contributed by atoms with Crippen LogP contribution in [0.1, 0.15) is 10.4 Å². The van der Waals surface area contributed by atoms with E-state index < -0.39 is 5.97 Å². The van der Waals surface area contributed by atoms with Gasteiger partial charge in [0.25, 0.3) is 0 Å². The van der Waals surface area contributed by atoms with E-state index in [0.29, 0.717) is 16.2 Å². The normalized spacial score (nSPS) is 10.7. The summed E-state index contributed by atoms with van der Waals surface area (Å²) >= 11 is 6.24. The van der Waals surface area contributed by atoms with Gasteiger partial charge in [-0.3, -0.25) is 4.98 Å². The molecule has 0 fully saturated rings. The minimum atomic E-state index is -0.989. The third kappa shape index (κ3) is 2.21. The summed E-state index contributed by atoms with van der Waals surface area (Å²) < 4.78 is 0. The second kappa shape index (κ2) is 4.90. The molecule has 0 saturated heterocycles. The first kappa shape index (κ1) is 12.6. The molecule has 0 aliphatic carbocycles. The summed E-state index contributed by atoms with van der Waals surface area (Å²) in [5, 5.41) is 10.3. The van der Waals surface area contributed by atoms with Gasteiger partial charge in [-0.2, -0.15) is 0 Å². The Morgan fingerprint density at radius 3 is 2.75 bits per heavy atom. The van der Waals surface area contributed by atoms with E-state index in [-0.39, 0.29) is 5.56 Å². The van der Waals surface area contributed by atoms with E-state index in [1.54, 1.807) is 24.5 Å². The molecule has 2 heterocycles. The van der Waals surface area contributed by atoms with Gasteiger partial charge in [0, 0.05) is 23.3 Å². The number of pyridine rings is 2. The Labute approximate surface area is 119 Å². The van der Waals surface area contributed by atoms with Crippen LogP contribution in [0.3, 0.4) is 0 Å². The van der Waals surface area contributed by atoms with Gasteiger partial charge in [0.2, 0.25) is 0 Å². The summed E-state index contributed by atoms with van der Waals surface area (Å²) in [6.07, 6.45) is 3.36. The SMILES string of the molecule is O=C(O)c1ccc2c(Cl)cc(-c3cccnc3)nc2c1. The third-order valence-electron chi connectivity index (χ3n) is 2.96. The van der Waals surface area contributed by atoms with Gasteiger partial charge in [0.05, 0.1) is 21.8 Å². The molecular weight excluding hydrogens is 276 g/mol.